The van der Waals surface area contributed by atoms with Crippen LogP contribution in [0.5, 0.6) is 0 Å². The molecule has 0 aromatic heterocycles. The summed E-state index contributed by atoms with van der Waals surface area (Å²) in [5.41, 5.74) is 0. The summed E-state index contributed by atoms with van der Waals surface area (Å²) in [6, 6.07) is 0. The molecule has 388 valence electrons. The summed E-state index contributed by atoms with van der Waals surface area (Å²) >= 11 is 0. The Hall–Kier alpha value is -3.33. The molecular weight excluding hydrogens is 870 g/mol. The molecule has 9 nitrogen and oxygen atoms in total. The van der Waals surface area contributed by atoms with Crippen LogP contribution in [0.3, 0.4) is 0 Å². The molecule has 2 atom stereocenters. The highest BCUT2D eigenvalue weighted by Crippen LogP contribution is 2.43. The Bertz CT molecular complexity index is 1520. The van der Waals surface area contributed by atoms with Crippen LogP contribution in [0.1, 0.15) is 194 Å². The number of allylic oxidation sites excluding steroid dienone is 18. The summed E-state index contributed by atoms with van der Waals surface area (Å²) < 4.78 is 34.4. The van der Waals surface area contributed by atoms with Crippen LogP contribution in [-0.2, 0) is 32.7 Å². The number of likely N-dealkylation sites (N-methyl/N-ethyl adjacent to an activating group) is 1. The van der Waals surface area contributed by atoms with Gasteiger partial charge in [0.25, 0.3) is 0 Å². The molecule has 0 saturated heterocycles. The number of ether oxygens (including phenoxy) is 2. The monoisotopic (exact) mass is 969 g/mol. The molecule has 0 aliphatic carbocycles. The minimum atomic E-state index is -4.40. The Labute approximate surface area is 416 Å². The molecule has 0 fully saturated rings. The number of esters is 2. The summed E-state index contributed by atoms with van der Waals surface area (Å²) in [4.78, 5) is 35.6. The molecule has 0 amide bonds. The quantitative estimate of drug-likeness (QED) is 0.0211. The largest absolute Gasteiger partial charge is 0.472 e. The molecule has 0 rings (SSSR count). The van der Waals surface area contributed by atoms with E-state index in [1.807, 2.05) is 21.1 Å². The van der Waals surface area contributed by atoms with Gasteiger partial charge >= 0.3 is 19.8 Å². The van der Waals surface area contributed by atoms with E-state index in [1.54, 1.807) is 0 Å². The molecule has 0 aliphatic heterocycles. The summed E-state index contributed by atoms with van der Waals surface area (Å²) in [7, 11) is 1.44. The first-order valence-electron chi connectivity index (χ1n) is 26.6. The summed E-state index contributed by atoms with van der Waals surface area (Å²) in [5, 5.41) is 0. The highest BCUT2D eigenvalue weighted by atomic mass is 31.2. The van der Waals surface area contributed by atoms with E-state index in [1.165, 1.54) is 44.9 Å². The van der Waals surface area contributed by atoms with Gasteiger partial charge in [0.1, 0.15) is 19.8 Å². The van der Waals surface area contributed by atoms with E-state index in [0.29, 0.717) is 23.9 Å². The van der Waals surface area contributed by atoms with Crippen LogP contribution in [0.2, 0.25) is 0 Å². The lowest BCUT2D eigenvalue weighted by Gasteiger charge is -2.24. The number of rotatable bonds is 47. The van der Waals surface area contributed by atoms with Crippen molar-refractivity contribution in [3.05, 3.63) is 109 Å². The molecule has 0 bridgehead atoms. The first-order valence-corrected chi connectivity index (χ1v) is 28.1. The second kappa shape index (κ2) is 48.7. The lowest BCUT2D eigenvalue weighted by atomic mass is 10.1. The third kappa shape index (κ3) is 52.0. The molecule has 10 heteroatoms. The molecule has 0 aromatic carbocycles. The van der Waals surface area contributed by atoms with Gasteiger partial charge in [-0.15, -0.1) is 0 Å². The zero-order valence-corrected chi connectivity index (χ0v) is 44.7. The first kappa shape index (κ1) is 64.7. The third-order valence-electron chi connectivity index (χ3n) is 10.8. The first-order chi connectivity index (χ1) is 33.0. The van der Waals surface area contributed by atoms with Gasteiger partial charge in [0.15, 0.2) is 6.10 Å². The number of phosphoric acid groups is 1. The van der Waals surface area contributed by atoms with Crippen molar-refractivity contribution in [1.82, 2.24) is 0 Å². The van der Waals surface area contributed by atoms with Crippen LogP contribution < -0.4 is 0 Å². The number of carbonyl (C=O) groups is 2. The Kier molecular flexibility index (Phi) is 46.3. The molecule has 0 heterocycles. The van der Waals surface area contributed by atoms with E-state index >= 15 is 0 Å². The van der Waals surface area contributed by atoms with Gasteiger partial charge < -0.3 is 18.9 Å². The van der Waals surface area contributed by atoms with Crippen LogP contribution in [0.4, 0.5) is 0 Å². The number of unbranched alkanes of at least 4 members (excludes halogenated alkanes) is 15. The molecule has 0 radical (unpaired) electrons. The van der Waals surface area contributed by atoms with Crippen molar-refractivity contribution in [2.45, 2.75) is 200 Å². The van der Waals surface area contributed by atoms with Gasteiger partial charge in [-0.3, -0.25) is 18.6 Å². The van der Waals surface area contributed by atoms with Crippen molar-refractivity contribution in [3.63, 3.8) is 0 Å². The normalized spacial score (nSPS) is 14.3. The van der Waals surface area contributed by atoms with Crippen LogP contribution in [-0.4, -0.2) is 74.9 Å². The molecule has 0 aromatic rings. The highest BCUT2D eigenvalue weighted by molar-refractivity contribution is 7.47. The average molecular weight is 969 g/mol. The third-order valence-corrected chi connectivity index (χ3v) is 11.8. The maximum Gasteiger partial charge on any atom is 0.472 e. The lowest BCUT2D eigenvalue weighted by Crippen LogP contribution is -2.37. The fourth-order valence-corrected chi connectivity index (χ4v) is 7.41. The fraction of sp³-hybridized carbons (Fsp3) is 0.655. The second-order valence-corrected chi connectivity index (χ2v) is 20.0. The standard InChI is InChI=1S/C58H98NO8P/c1-6-8-10-12-14-16-18-20-22-23-24-25-26-27-28-29-30-31-32-33-34-35-37-39-41-43-45-47-49-51-58(61)67-56(55-66-68(62,63)65-53-52-59(3,4)5)54-64-57(60)50-48-46-44-42-40-38-36-21-19-17-15-13-11-9-7-2/h8,10,14-17,20-22,24-25,27-28,30-31,33-34,36,56H,6-7,9,11-13,18-19,23,26,29,32,35,37-55H2,1-5H3/p+1/b10-8-,16-14-,17-15-,22-20-,25-24-,28-27-,31-30-,34-33-,36-21-. The Morgan fingerprint density at radius 2 is 0.838 bits per heavy atom. The smallest absolute Gasteiger partial charge is 0.462 e. The molecule has 68 heavy (non-hydrogen) atoms. The van der Waals surface area contributed by atoms with Crippen LogP contribution >= 0.6 is 7.82 Å². The highest BCUT2D eigenvalue weighted by Gasteiger charge is 2.27. The van der Waals surface area contributed by atoms with Crippen LogP contribution in [0, 0.1) is 0 Å². The molecular formula is C58H99NO8P+. The second-order valence-electron chi connectivity index (χ2n) is 18.5. The molecule has 0 saturated carbocycles. The number of phosphoric ester groups is 1. The van der Waals surface area contributed by atoms with Gasteiger partial charge in [0.2, 0.25) is 0 Å². The summed E-state index contributed by atoms with van der Waals surface area (Å²) in [6.45, 7) is 4.24. The lowest BCUT2D eigenvalue weighted by molar-refractivity contribution is -0.870. The number of quaternary nitrogens is 1. The maximum absolute atomic E-state index is 12.8. The topological polar surface area (TPSA) is 108 Å². The van der Waals surface area contributed by atoms with Gasteiger partial charge in [0.05, 0.1) is 27.7 Å². The SMILES string of the molecule is CC/C=C\C/C=C\C/C=C\C/C=C\C/C=C\C/C=C\C/C=C\CCCCCCCCCC(=O)OC(COC(=O)CCCCCCC/C=C\C/C=C\CCCCC)COP(=O)(O)OCC[N+](C)(C)C. The van der Waals surface area contributed by atoms with Crippen molar-refractivity contribution in [3.8, 4) is 0 Å². The predicted molar refractivity (Wildman–Crippen MR) is 288 cm³/mol. The Balaban J connectivity index is 4.27. The van der Waals surface area contributed by atoms with Crippen molar-refractivity contribution in [2.75, 3.05) is 47.5 Å². The van der Waals surface area contributed by atoms with E-state index in [9.17, 15) is 19.0 Å². The molecule has 2 unspecified atom stereocenters. The zero-order chi connectivity index (χ0) is 49.9. The summed E-state index contributed by atoms with van der Waals surface area (Å²) in [6.07, 6.45) is 67.1. The van der Waals surface area contributed by atoms with Crippen molar-refractivity contribution < 1.29 is 42.1 Å². The Morgan fingerprint density at radius 3 is 1.25 bits per heavy atom. The molecule has 0 aliphatic rings. The average Bonchev–Trinajstić information content (AvgIpc) is 3.30. The number of carbonyl (C=O) groups excluding carboxylic acids is 2. The van der Waals surface area contributed by atoms with Crippen LogP contribution in [0.25, 0.3) is 0 Å². The van der Waals surface area contributed by atoms with Gasteiger partial charge in [-0.25, -0.2) is 4.57 Å². The maximum atomic E-state index is 12.8. The van der Waals surface area contributed by atoms with Gasteiger partial charge in [0, 0.05) is 12.8 Å². The molecule has 0 spiro atoms. The predicted octanol–water partition coefficient (Wildman–Crippen LogP) is 16.2. The van der Waals surface area contributed by atoms with Crippen molar-refractivity contribution >= 4 is 19.8 Å². The number of nitrogens with zero attached hydrogens (tertiary/aromatic N) is 1. The zero-order valence-electron chi connectivity index (χ0n) is 43.8. The molecule has 1 N–H and O–H groups in total. The number of hydrogen-bond donors (Lipinski definition) is 1. The van der Waals surface area contributed by atoms with Crippen molar-refractivity contribution in [2.24, 2.45) is 0 Å². The van der Waals surface area contributed by atoms with Crippen molar-refractivity contribution in [1.29, 1.82) is 0 Å². The van der Waals surface area contributed by atoms with E-state index in [0.717, 1.165) is 109 Å². The van der Waals surface area contributed by atoms with Crippen LogP contribution in [0.15, 0.2) is 109 Å². The van der Waals surface area contributed by atoms with E-state index in [-0.39, 0.29) is 32.0 Å². The Morgan fingerprint density at radius 1 is 0.471 bits per heavy atom. The van der Waals surface area contributed by atoms with Gasteiger partial charge in [-0.1, -0.05) is 187 Å². The number of hydrogen-bond acceptors (Lipinski definition) is 7. The summed E-state index contributed by atoms with van der Waals surface area (Å²) in [5.74, 6) is -0.835. The van der Waals surface area contributed by atoms with E-state index < -0.39 is 26.5 Å². The van der Waals surface area contributed by atoms with E-state index in [4.69, 9.17) is 18.5 Å². The van der Waals surface area contributed by atoms with Gasteiger partial charge in [-0.05, 0) is 103 Å². The minimum Gasteiger partial charge on any atom is -0.462 e. The fourth-order valence-electron chi connectivity index (χ4n) is 6.67. The van der Waals surface area contributed by atoms with Gasteiger partial charge in [-0.2, -0.15) is 0 Å². The minimum absolute atomic E-state index is 0.0209. The van der Waals surface area contributed by atoms with E-state index in [2.05, 4.69) is 123 Å².